The molecule has 28 heavy (non-hydrogen) atoms. The molecule has 0 radical (unpaired) electrons. The minimum absolute atomic E-state index is 0.238. The number of benzene rings is 1. The van der Waals surface area contributed by atoms with Gasteiger partial charge in [-0.25, -0.2) is 14.5 Å². The lowest BCUT2D eigenvalue weighted by Gasteiger charge is -2.22. The molecule has 0 saturated carbocycles. The van der Waals surface area contributed by atoms with Gasteiger partial charge in [0.15, 0.2) is 0 Å². The number of carboxylic acid groups (broad SMARTS) is 1. The number of imide groups is 1. The number of carboxylic acids is 1. The van der Waals surface area contributed by atoms with Crippen LogP contribution >= 0.6 is 34.5 Å². The fraction of sp³-hybridized carbons (Fsp3) is 0.278. The summed E-state index contributed by atoms with van der Waals surface area (Å²) in [7, 11) is 3.38. The monoisotopic (exact) mass is 441 g/mol. The van der Waals surface area contributed by atoms with Crippen LogP contribution in [0.4, 0.5) is 10.5 Å². The van der Waals surface area contributed by atoms with Gasteiger partial charge in [0.1, 0.15) is 6.04 Å². The molecule has 2 heterocycles. The fourth-order valence-electron chi connectivity index (χ4n) is 3.01. The number of carbonyl (C=O) groups excluding carboxylic acids is 2. The summed E-state index contributed by atoms with van der Waals surface area (Å²) in [4.78, 5) is 41.7. The average molecular weight is 442 g/mol. The van der Waals surface area contributed by atoms with Gasteiger partial charge in [0.2, 0.25) is 0 Å². The van der Waals surface area contributed by atoms with Crippen LogP contribution in [0, 0.1) is 0 Å². The summed E-state index contributed by atoms with van der Waals surface area (Å²) >= 11 is 13.3. The first-order chi connectivity index (χ1) is 13.2. The van der Waals surface area contributed by atoms with Crippen LogP contribution in [0.2, 0.25) is 10.0 Å². The number of rotatable bonds is 6. The minimum Gasteiger partial charge on any atom is -0.478 e. The Kier molecular flexibility index (Phi) is 5.95. The van der Waals surface area contributed by atoms with Crippen LogP contribution < -0.4 is 4.90 Å². The van der Waals surface area contributed by atoms with Crippen molar-refractivity contribution in [3.63, 3.8) is 0 Å². The van der Waals surface area contributed by atoms with Crippen LogP contribution in [0.1, 0.15) is 15.2 Å². The number of carbonyl (C=O) groups is 3. The van der Waals surface area contributed by atoms with Crippen LogP contribution in [0.5, 0.6) is 0 Å². The highest BCUT2D eigenvalue weighted by molar-refractivity contribution is 7.10. The van der Waals surface area contributed by atoms with Gasteiger partial charge in [0.25, 0.3) is 5.91 Å². The molecule has 7 nitrogen and oxygen atoms in total. The summed E-state index contributed by atoms with van der Waals surface area (Å²) in [6, 6.07) is 5.04. The topological polar surface area (TPSA) is 81.2 Å². The number of hydrogen-bond donors (Lipinski definition) is 1. The summed E-state index contributed by atoms with van der Waals surface area (Å²) in [5, 5.41) is 11.3. The van der Waals surface area contributed by atoms with E-state index in [4.69, 9.17) is 28.3 Å². The van der Waals surface area contributed by atoms with E-state index in [1.54, 1.807) is 18.5 Å². The largest absolute Gasteiger partial charge is 0.478 e. The quantitative estimate of drug-likeness (QED) is 0.691. The molecular weight excluding hydrogens is 425 g/mol. The predicted molar refractivity (Wildman–Crippen MR) is 109 cm³/mol. The van der Waals surface area contributed by atoms with Crippen LogP contribution in [-0.4, -0.2) is 59.5 Å². The Morgan fingerprint density at radius 2 is 1.86 bits per heavy atom. The third-order valence-corrected chi connectivity index (χ3v) is 5.74. The molecule has 1 saturated heterocycles. The molecule has 10 heteroatoms. The molecule has 2 aromatic rings. The first-order valence-corrected chi connectivity index (χ1v) is 9.87. The zero-order valence-corrected chi connectivity index (χ0v) is 17.4. The first-order valence-electron chi connectivity index (χ1n) is 8.23. The second-order valence-corrected chi connectivity index (χ2v) is 8.38. The number of amides is 3. The van der Waals surface area contributed by atoms with E-state index in [9.17, 15) is 14.4 Å². The van der Waals surface area contributed by atoms with Gasteiger partial charge in [-0.1, -0.05) is 23.2 Å². The molecule has 1 aliphatic heterocycles. The van der Waals surface area contributed by atoms with Crippen molar-refractivity contribution in [3.05, 3.63) is 50.1 Å². The van der Waals surface area contributed by atoms with E-state index in [2.05, 4.69) is 0 Å². The third-order valence-electron chi connectivity index (χ3n) is 4.38. The molecule has 3 amide bonds. The number of urea groups is 1. The van der Waals surface area contributed by atoms with Crippen molar-refractivity contribution in [2.24, 2.45) is 0 Å². The lowest BCUT2D eigenvalue weighted by Crippen LogP contribution is -2.41. The second kappa shape index (κ2) is 8.08. The van der Waals surface area contributed by atoms with Crippen molar-refractivity contribution in [2.75, 3.05) is 25.5 Å². The average Bonchev–Trinajstić information content (AvgIpc) is 3.13. The molecule has 0 aliphatic carbocycles. The smallest absolute Gasteiger partial charge is 0.336 e. The first kappa shape index (κ1) is 20.6. The van der Waals surface area contributed by atoms with E-state index in [0.717, 1.165) is 9.78 Å². The van der Waals surface area contributed by atoms with E-state index in [0.29, 0.717) is 28.8 Å². The standard InChI is InChI=1S/C18H17Cl2N3O4S/c1-21(7-14-3-10(9-28-14)17(25)26)8-15-16(24)23(18(27)22(15)2)13-5-11(19)4-12(20)6-13/h3-6,9,15H,7-8H2,1-2H3,(H,25,26)/t15-/m0/s1. The van der Waals surface area contributed by atoms with Crippen LogP contribution in [0.25, 0.3) is 0 Å². The van der Waals surface area contributed by atoms with Gasteiger partial charge in [-0.3, -0.25) is 9.69 Å². The van der Waals surface area contributed by atoms with Gasteiger partial charge in [0.05, 0.1) is 11.3 Å². The number of aromatic carboxylic acids is 1. The Bertz CT molecular complexity index is 928. The maximum atomic E-state index is 12.9. The van der Waals surface area contributed by atoms with Crippen molar-refractivity contribution < 1.29 is 19.5 Å². The molecule has 148 valence electrons. The maximum Gasteiger partial charge on any atom is 0.336 e. The van der Waals surface area contributed by atoms with Gasteiger partial charge < -0.3 is 10.0 Å². The Labute approximate surface area is 175 Å². The molecule has 1 N–H and O–H groups in total. The van der Waals surface area contributed by atoms with Crippen LogP contribution in [0.15, 0.2) is 29.6 Å². The summed E-state index contributed by atoms with van der Waals surface area (Å²) in [6.45, 7) is 0.763. The van der Waals surface area contributed by atoms with Crippen molar-refractivity contribution in [3.8, 4) is 0 Å². The van der Waals surface area contributed by atoms with E-state index >= 15 is 0 Å². The molecule has 1 aliphatic rings. The Balaban J connectivity index is 1.74. The molecular formula is C18H17Cl2N3O4S. The summed E-state index contributed by atoms with van der Waals surface area (Å²) in [5.41, 5.74) is 0.565. The van der Waals surface area contributed by atoms with E-state index in [1.807, 2.05) is 11.9 Å². The molecule has 0 unspecified atom stereocenters. The van der Waals surface area contributed by atoms with Gasteiger partial charge >= 0.3 is 12.0 Å². The highest BCUT2D eigenvalue weighted by Gasteiger charge is 2.44. The number of likely N-dealkylation sites (N-methyl/N-ethyl adjacent to an activating group) is 2. The van der Waals surface area contributed by atoms with Gasteiger partial charge in [-0.2, -0.15) is 0 Å². The van der Waals surface area contributed by atoms with Crippen molar-refractivity contribution in [2.45, 2.75) is 12.6 Å². The molecule has 1 aromatic heterocycles. The SMILES string of the molecule is CN(Cc1cc(C(=O)O)cs1)C[C@H]1C(=O)N(c2cc(Cl)cc(Cl)c2)C(=O)N1C. The Morgan fingerprint density at radius 1 is 1.21 bits per heavy atom. The fourth-order valence-corrected chi connectivity index (χ4v) is 4.46. The predicted octanol–water partition coefficient (Wildman–Crippen LogP) is 3.65. The highest BCUT2D eigenvalue weighted by Crippen LogP contribution is 2.30. The lowest BCUT2D eigenvalue weighted by molar-refractivity contribution is -0.120. The molecule has 0 bridgehead atoms. The van der Waals surface area contributed by atoms with Gasteiger partial charge in [-0.15, -0.1) is 11.3 Å². The van der Waals surface area contributed by atoms with E-state index in [1.165, 1.54) is 34.4 Å². The van der Waals surface area contributed by atoms with E-state index in [-0.39, 0.29) is 11.5 Å². The summed E-state index contributed by atoms with van der Waals surface area (Å²) < 4.78 is 0. The minimum atomic E-state index is -0.975. The number of anilines is 1. The highest BCUT2D eigenvalue weighted by atomic mass is 35.5. The van der Waals surface area contributed by atoms with E-state index < -0.39 is 18.0 Å². The molecule has 1 fully saturated rings. The van der Waals surface area contributed by atoms with Crippen LogP contribution in [0.3, 0.4) is 0 Å². The summed E-state index contributed by atoms with van der Waals surface area (Å²) in [6.07, 6.45) is 0. The maximum absolute atomic E-state index is 12.9. The zero-order valence-electron chi connectivity index (χ0n) is 15.1. The van der Waals surface area contributed by atoms with Crippen LogP contribution in [-0.2, 0) is 11.3 Å². The van der Waals surface area contributed by atoms with Crippen molar-refractivity contribution in [1.82, 2.24) is 9.80 Å². The van der Waals surface area contributed by atoms with Gasteiger partial charge in [-0.05, 0) is 31.3 Å². The molecule has 1 aromatic carbocycles. The number of hydrogen-bond acceptors (Lipinski definition) is 5. The Hall–Kier alpha value is -2.13. The number of halogens is 2. The zero-order chi connectivity index (χ0) is 20.6. The normalized spacial score (nSPS) is 17.1. The van der Waals surface area contributed by atoms with Gasteiger partial charge in [0, 0.05) is 40.4 Å². The molecule has 1 atom stereocenters. The molecule has 3 rings (SSSR count). The van der Waals surface area contributed by atoms with Crippen molar-refractivity contribution >= 4 is 58.1 Å². The lowest BCUT2D eigenvalue weighted by atomic mass is 10.2. The van der Waals surface area contributed by atoms with Crippen molar-refractivity contribution in [1.29, 1.82) is 0 Å². The second-order valence-electron chi connectivity index (χ2n) is 6.51. The Morgan fingerprint density at radius 3 is 2.43 bits per heavy atom. The third kappa shape index (κ3) is 4.15. The summed E-state index contributed by atoms with van der Waals surface area (Å²) in [5.74, 6) is -1.34. The number of thiophene rings is 1. The number of nitrogens with zero attached hydrogens (tertiary/aromatic N) is 3. The molecule has 0 spiro atoms.